The van der Waals surface area contributed by atoms with E-state index < -0.39 is 10.0 Å². The highest BCUT2D eigenvalue weighted by molar-refractivity contribution is 9.10. The van der Waals surface area contributed by atoms with Crippen molar-refractivity contribution in [1.82, 2.24) is 4.31 Å². The van der Waals surface area contributed by atoms with Gasteiger partial charge in [-0.3, -0.25) is 0 Å². The summed E-state index contributed by atoms with van der Waals surface area (Å²) < 4.78 is 28.0. The molecule has 3 rings (SSSR count). The Kier molecular flexibility index (Phi) is 4.60. The molecule has 0 aromatic heterocycles. The van der Waals surface area contributed by atoms with E-state index in [0.717, 1.165) is 11.1 Å². The minimum Gasteiger partial charge on any atom is -0.326 e. The van der Waals surface area contributed by atoms with Crippen molar-refractivity contribution in [2.45, 2.75) is 23.8 Å². The van der Waals surface area contributed by atoms with Crippen molar-refractivity contribution in [3.8, 4) is 0 Å². The quantitative estimate of drug-likeness (QED) is 0.870. The van der Waals surface area contributed by atoms with E-state index in [-0.39, 0.29) is 12.0 Å². The maximum atomic E-state index is 13.0. The number of nitrogens with zero attached hydrogens (tertiary/aromatic N) is 1. The Morgan fingerprint density at radius 3 is 2.52 bits per heavy atom. The number of nitrogens with two attached hydrogens (primary N) is 1. The minimum absolute atomic E-state index is 0.0227. The molecule has 23 heavy (non-hydrogen) atoms. The number of hydrogen-bond acceptors (Lipinski definition) is 3. The van der Waals surface area contributed by atoms with E-state index in [9.17, 15) is 8.42 Å². The summed E-state index contributed by atoms with van der Waals surface area (Å²) in [5.74, 6) is 0.0227. The molecule has 1 aliphatic rings. The van der Waals surface area contributed by atoms with Gasteiger partial charge < -0.3 is 5.73 Å². The second kappa shape index (κ2) is 6.36. The average molecular weight is 395 g/mol. The highest BCUT2D eigenvalue weighted by Gasteiger charge is 2.38. The Bertz CT molecular complexity index is 809. The van der Waals surface area contributed by atoms with E-state index in [4.69, 9.17) is 5.73 Å². The van der Waals surface area contributed by atoms with Gasteiger partial charge in [0, 0.05) is 29.5 Å². The van der Waals surface area contributed by atoms with Gasteiger partial charge in [0.05, 0.1) is 4.90 Å². The van der Waals surface area contributed by atoms with Gasteiger partial charge in [-0.05, 0) is 46.1 Å². The molecule has 2 N–H and O–H groups in total. The van der Waals surface area contributed by atoms with Crippen molar-refractivity contribution < 1.29 is 8.42 Å². The third-order valence-corrected chi connectivity index (χ3v) is 7.09. The molecule has 2 atom stereocenters. The fourth-order valence-electron chi connectivity index (χ4n) is 2.99. The monoisotopic (exact) mass is 394 g/mol. The summed E-state index contributed by atoms with van der Waals surface area (Å²) in [6, 6.07) is 15.0. The zero-order chi connectivity index (χ0) is 16.6. The molecule has 1 saturated heterocycles. The largest absolute Gasteiger partial charge is 0.326 e. The van der Waals surface area contributed by atoms with Crippen molar-refractivity contribution in [2.75, 3.05) is 13.1 Å². The number of sulfonamides is 1. The smallest absolute Gasteiger partial charge is 0.244 e. The molecular formula is C17H19BrN2O2S. The van der Waals surface area contributed by atoms with E-state index in [1.807, 2.05) is 43.3 Å². The maximum Gasteiger partial charge on any atom is 0.244 e. The van der Waals surface area contributed by atoms with Crippen LogP contribution in [0.5, 0.6) is 0 Å². The third kappa shape index (κ3) is 3.21. The zero-order valence-corrected chi connectivity index (χ0v) is 15.2. The Balaban J connectivity index is 1.92. The number of hydrogen-bond donors (Lipinski definition) is 1. The summed E-state index contributed by atoms with van der Waals surface area (Å²) >= 11 is 3.35. The molecule has 0 amide bonds. The van der Waals surface area contributed by atoms with Gasteiger partial charge in [-0.15, -0.1) is 0 Å². The van der Waals surface area contributed by atoms with Crippen LogP contribution in [0.2, 0.25) is 0 Å². The number of rotatable bonds is 3. The van der Waals surface area contributed by atoms with Gasteiger partial charge in [-0.2, -0.15) is 4.31 Å². The first kappa shape index (κ1) is 16.6. The molecule has 2 aromatic rings. The summed E-state index contributed by atoms with van der Waals surface area (Å²) in [7, 11) is -3.56. The van der Waals surface area contributed by atoms with Crippen LogP contribution < -0.4 is 5.73 Å². The Morgan fingerprint density at radius 1 is 1.13 bits per heavy atom. The van der Waals surface area contributed by atoms with Crippen molar-refractivity contribution >= 4 is 26.0 Å². The first-order valence-electron chi connectivity index (χ1n) is 7.46. The lowest BCUT2D eigenvalue weighted by atomic mass is 9.95. The summed E-state index contributed by atoms with van der Waals surface area (Å²) in [5.41, 5.74) is 8.22. The van der Waals surface area contributed by atoms with Crippen LogP contribution in [0.3, 0.4) is 0 Å². The number of halogens is 1. The summed E-state index contributed by atoms with van der Waals surface area (Å²) in [6.45, 7) is 2.63. The summed E-state index contributed by atoms with van der Waals surface area (Å²) in [6.07, 6.45) is 0. The van der Waals surface area contributed by atoms with Crippen LogP contribution in [0.25, 0.3) is 0 Å². The summed E-state index contributed by atoms with van der Waals surface area (Å²) in [4.78, 5) is 0.304. The van der Waals surface area contributed by atoms with Gasteiger partial charge in [0.1, 0.15) is 0 Å². The van der Waals surface area contributed by atoms with Gasteiger partial charge in [-0.1, -0.05) is 36.4 Å². The molecule has 2 aromatic carbocycles. The first-order chi connectivity index (χ1) is 10.9. The molecule has 0 saturated carbocycles. The Labute approximate surface area is 145 Å². The maximum absolute atomic E-state index is 13.0. The standard InChI is InChI=1S/C17H19BrN2O2S/c1-12-7-8-15(18)17(9-12)23(21,22)20-10-14(16(19)11-20)13-5-3-2-4-6-13/h2-9,14,16H,10-11,19H2,1H3/t14-,16+/m0/s1. The number of benzene rings is 2. The topological polar surface area (TPSA) is 63.4 Å². The van der Waals surface area contributed by atoms with E-state index in [0.29, 0.717) is 22.5 Å². The molecule has 0 bridgehead atoms. The van der Waals surface area contributed by atoms with Gasteiger partial charge in [0.2, 0.25) is 10.0 Å². The highest BCUT2D eigenvalue weighted by atomic mass is 79.9. The van der Waals surface area contributed by atoms with Crippen LogP contribution >= 0.6 is 15.9 Å². The minimum atomic E-state index is -3.56. The summed E-state index contributed by atoms with van der Waals surface area (Å²) in [5, 5.41) is 0. The van der Waals surface area contributed by atoms with Crippen LogP contribution in [0.4, 0.5) is 0 Å². The van der Waals surface area contributed by atoms with Crippen molar-refractivity contribution in [1.29, 1.82) is 0 Å². The van der Waals surface area contributed by atoms with E-state index in [1.165, 1.54) is 4.31 Å². The van der Waals surface area contributed by atoms with Crippen LogP contribution in [-0.2, 0) is 10.0 Å². The SMILES string of the molecule is Cc1ccc(Br)c(S(=O)(=O)N2C[C@@H](N)[C@H](c3ccccc3)C2)c1. The first-order valence-corrected chi connectivity index (χ1v) is 9.70. The van der Waals surface area contributed by atoms with Gasteiger partial charge in [-0.25, -0.2) is 8.42 Å². The second-order valence-corrected chi connectivity index (χ2v) is 8.70. The molecule has 1 fully saturated rings. The van der Waals surface area contributed by atoms with Crippen LogP contribution in [0.1, 0.15) is 17.0 Å². The Morgan fingerprint density at radius 2 is 1.83 bits per heavy atom. The number of aryl methyl sites for hydroxylation is 1. The lowest BCUT2D eigenvalue weighted by Crippen LogP contribution is -2.32. The fraction of sp³-hybridized carbons (Fsp3) is 0.294. The highest BCUT2D eigenvalue weighted by Crippen LogP contribution is 2.33. The van der Waals surface area contributed by atoms with Crippen molar-refractivity contribution in [3.63, 3.8) is 0 Å². The molecule has 0 unspecified atom stereocenters. The fourth-order valence-corrected chi connectivity index (χ4v) is 5.50. The molecule has 0 radical (unpaired) electrons. The van der Waals surface area contributed by atoms with E-state index >= 15 is 0 Å². The van der Waals surface area contributed by atoms with Gasteiger partial charge in [0.25, 0.3) is 0 Å². The molecule has 1 heterocycles. The van der Waals surface area contributed by atoms with Gasteiger partial charge in [0.15, 0.2) is 0 Å². The molecular weight excluding hydrogens is 376 g/mol. The zero-order valence-electron chi connectivity index (χ0n) is 12.8. The van der Waals surface area contributed by atoms with E-state index in [2.05, 4.69) is 15.9 Å². The third-order valence-electron chi connectivity index (χ3n) is 4.26. The van der Waals surface area contributed by atoms with E-state index in [1.54, 1.807) is 12.1 Å². The van der Waals surface area contributed by atoms with Crippen molar-refractivity contribution in [3.05, 3.63) is 64.1 Å². The lowest BCUT2D eigenvalue weighted by Gasteiger charge is -2.18. The predicted octanol–water partition coefficient (Wildman–Crippen LogP) is 2.87. The molecule has 4 nitrogen and oxygen atoms in total. The van der Waals surface area contributed by atoms with Crippen LogP contribution in [-0.4, -0.2) is 31.9 Å². The lowest BCUT2D eigenvalue weighted by molar-refractivity contribution is 0.469. The molecule has 1 aliphatic heterocycles. The van der Waals surface area contributed by atoms with Gasteiger partial charge >= 0.3 is 0 Å². The van der Waals surface area contributed by atoms with Crippen molar-refractivity contribution in [2.24, 2.45) is 5.73 Å². The normalized spacial score (nSPS) is 22.4. The Hall–Kier alpha value is -1.21. The average Bonchev–Trinajstić information content (AvgIpc) is 2.93. The molecule has 122 valence electrons. The predicted molar refractivity (Wildman–Crippen MR) is 94.8 cm³/mol. The molecule has 6 heteroatoms. The molecule has 0 spiro atoms. The second-order valence-electron chi connectivity index (χ2n) is 5.94. The van der Waals surface area contributed by atoms with Crippen LogP contribution in [0, 0.1) is 6.92 Å². The van der Waals surface area contributed by atoms with Crippen LogP contribution in [0.15, 0.2) is 57.9 Å². The molecule has 0 aliphatic carbocycles.